The van der Waals surface area contributed by atoms with E-state index in [9.17, 15) is 14.9 Å². The van der Waals surface area contributed by atoms with Gasteiger partial charge >= 0.3 is 0 Å². The molecule has 2 aromatic rings. The number of ether oxygens (including phenoxy) is 1. The van der Waals surface area contributed by atoms with Crippen molar-refractivity contribution in [3.63, 3.8) is 0 Å². The summed E-state index contributed by atoms with van der Waals surface area (Å²) < 4.78 is 5.47. The summed E-state index contributed by atoms with van der Waals surface area (Å²) in [6.07, 6.45) is 4.39. The molecule has 0 atom stereocenters. The highest BCUT2D eigenvalue weighted by Crippen LogP contribution is 2.20. The van der Waals surface area contributed by atoms with Crippen molar-refractivity contribution in [1.82, 2.24) is 5.43 Å². The fraction of sp³-hybridized carbons (Fsp3) is 0.158. The standard InChI is InChI=1S/C19H19N3O4/c1-14-7-5-11-18(15(14)2)26-13-19(23)21-20-12-6-9-16-8-3-4-10-17(16)22(24)25/h3-12H,13H2,1-2H3,(H,21,23)/b9-6+,20-12-. The van der Waals surface area contributed by atoms with Crippen LogP contribution in [0.25, 0.3) is 6.08 Å². The van der Waals surface area contributed by atoms with Gasteiger partial charge in [-0.2, -0.15) is 5.10 Å². The van der Waals surface area contributed by atoms with E-state index in [1.807, 2.05) is 26.0 Å². The molecule has 0 unspecified atom stereocenters. The summed E-state index contributed by atoms with van der Waals surface area (Å²) in [5.74, 6) is 0.252. The molecule has 26 heavy (non-hydrogen) atoms. The van der Waals surface area contributed by atoms with Gasteiger partial charge in [0.05, 0.1) is 10.5 Å². The first-order chi connectivity index (χ1) is 12.5. The number of nitrogens with zero attached hydrogens (tertiary/aromatic N) is 2. The Morgan fingerprint density at radius 3 is 2.77 bits per heavy atom. The monoisotopic (exact) mass is 353 g/mol. The Balaban J connectivity index is 1.84. The largest absolute Gasteiger partial charge is 0.483 e. The van der Waals surface area contributed by atoms with Gasteiger partial charge in [0.1, 0.15) is 5.75 Å². The number of nitro groups is 1. The zero-order valence-electron chi connectivity index (χ0n) is 14.5. The van der Waals surface area contributed by atoms with Crippen LogP contribution in [0.5, 0.6) is 5.75 Å². The Morgan fingerprint density at radius 1 is 1.23 bits per heavy atom. The number of benzene rings is 2. The molecule has 0 bridgehead atoms. The molecule has 0 fully saturated rings. The molecule has 0 aliphatic rings. The summed E-state index contributed by atoms with van der Waals surface area (Å²) in [5, 5.41) is 14.7. The molecule has 7 heteroatoms. The number of hydrogen-bond donors (Lipinski definition) is 1. The first kappa shape index (κ1) is 18.9. The number of carbonyl (C=O) groups excluding carboxylic acids is 1. The van der Waals surface area contributed by atoms with E-state index in [0.717, 1.165) is 11.1 Å². The maximum atomic E-state index is 11.7. The average molecular weight is 353 g/mol. The lowest BCUT2D eigenvalue weighted by molar-refractivity contribution is -0.385. The molecule has 0 heterocycles. The smallest absolute Gasteiger partial charge is 0.277 e. The second kappa shape index (κ2) is 9.12. The number of hydrogen-bond acceptors (Lipinski definition) is 5. The van der Waals surface area contributed by atoms with Crippen LogP contribution in [0.3, 0.4) is 0 Å². The van der Waals surface area contributed by atoms with Crippen molar-refractivity contribution in [2.24, 2.45) is 5.10 Å². The molecule has 1 amide bonds. The fourth-order valence-corrected chi connectivity index (χ4v) is 2.15. The number of para-hydroxylation sites is 1. The Kier molecular flexibility index (Phi) is 6.61. The van der Waals surface area contributed by atoms with Gasteiger partial charge in [0.15, 0.2) is 6.61 Å². The van der Waals surface area contributed by atoms with Crippen LogP contribution < -0.4 is 10.2 Å². The van der Waals surface area contributed by atoms with Gasteiger partial charge in [-0.15, -0.1) is 0 Å². The van der Waals surface area contributed by atoms with E-state index < -0.39 is 10.8 Å². The summed E-state index contributed by atoms with van der Waals surface area (Å²) in [6.45, 7) is 3.74. The highest BCUT2D eigenvalue weighted by Gasteiger charge is 2.08. The topological polar surface area (TPSA) is 93.8 Å². The molecule has 0 saturated carbocycles. The summed E-state index contributed by atoms with van der Waals surface area (Å²) >= 11 is 0. The Morgan fingerprint density at radius 2 is 2.00 bits per heavy atom. The van der Waals surface area contributed by atoms with Gasteiger partial charge in [0.25, 0.3) is 11.6 Å². The van der Waals surface area contributed by atoms with Crippen molar-refractivity contribution >= 4 is 23.9 Å². The molecule has 2 aromatic carbocycles. The van der Waals surface area contributed by atoms with Gasteiger partial charge in [-0.1, -0.05) is 24.3 Å². The van der Waals surface area contributed by atoms with Crippen LogP contribution >= 0.6 is 0 Å². The van der Waals surface area contributed by atoms with E-state index in [1.54, 1.807) is 30.3 Å². The van der Waals surface area contributed by atoms with E-state index in [0.29, 0.717) is 11.3 Å². The molecular formula is C19H19N3O4. The molecule has 0 aliphatic carbocycles. The first-order valence-electron chi connectivity index (χ1n) is 7.90. The normalized spacial score (nSPS) is 11.0. The molecule has 0 aromatic heterocycles. The van der Waals surface area contributed by atoms with E-state index in [2.05, 4.69) is 10.5 Å². The molecule has 0 aliphatic heterocycles. The molecule has 1 N–H and O–H groups in total. The van der Waals surface area contributed by atoms with Crippen LogP contribution in [0.2, 0.25) is 0 Å². The first-order valence-corrected chi connectivity index (χ1v) is 7.90. The third-order valence-electron chi connectivity index (χ3n) is 3.67. The van der Waals surface area contributed by atoms with Gasteiger partial charge in [-0.25, -0.2) is 5.43 Å². The van der Waals surface area contributed by atoms with E-state index >= 15 is 0 Å². The second-order valence-electron chi connectivity index (χ2n) is 5.47. The maximum absolute atomic E-state index is 11.7. The van der Waals surface area contributed by atoms with Crippen molar-refractivity contribution in [3.05, 3.63) is 75.3 Å². The van der Waals surface area contributed by atoms with Crippen LogP contribution in [0.1, 0.15) is 16.7 Å². The predicted octanol–water partition coefficient (Wildman–Crippen LogP) is 3.41. The van der Waals surface area contributed by atoms with Crippen molar-refractivity contribution in [2.45, 2.75) is 13.8 Å². The minimum absolute atomic E-state index is 0.00288. The molecule has 0 radical (unpaired) electrons. The molecule has 7 nitrogen and oxygen atoms in total. The number of hydrazone groups is 1. The fourth-order valence-electron chi connectivity index (χ4n) is 2.15. The highest BCUT2D eigenvalue weighted by molar-refractivity contribution is 5.82. The summed E-state index contributed by atoms with van der Waals surface area (Å²) in [4.78, 5) is 22.2. The second-order valence-corrected chi connectivity index (χ2v) is 5.47. The maximum Gasteiger partial charge on any atom is 0.277 e. The van der Waals surface area contributed by atoms with Crippen molar-refractivity contribution < 1.29 is 14.5 Å². The van der Waals surface area contributed by atoms with Crippen molar-refractivity contribution in [2.75, 3.05) is 6.61 Å². The zero-order chi connectivity index (χ0) is 18.9. The lowest BCUT2D eigenvalue weighted by Crippen LogP contribution is -2.24. The lowest BCUT2D eigenvalue weighted by atomic mass is 10.1. The third kappa shape index (κ3) is 5.27. The van der Waals surface area contributed by atoms with Crippen LogP contribution in [-0.2, 0) is 4.79 Å². The van der Waals surface area contributed by atoms with Gasteiger partial charge < -0.3 is 4.74 Å². The number of nitro benzene ring substituents is 1. The van der Waals surface area contributed by atoms with Crippen LogP contribution in [0.4, 0.5) is 5.69 Å². The van der Waals surface area contributed by atoms with Crippen LogP contribution in [-0.4, -0.2) is 23.7 Å². The Hall–Kier alpha value is -3.48. The zero-order valence-corrected chi connectivity index (χ0v) is 14.5. The Bertz CT molecular complexity index is 860. The summed E-state index contributed by atoms with van der Waals surface area (Å²) in [7, 11) is 0. The van der Waals surface area contributed by atoms with Crippen LogP contribution in [0, 0.1) is 24.0 Å². The lowest BCUT2D eigenvalue weighted by Gasteiger charge is -2.09. The Labute approximate surface area is 151 Å². The quantitative estimate of drug-likeness (QED) is 0.469. The number of aryl methyl sites for hydroxylation is 1. The SMILES string of the molecule is Cc1cccc(OCC(=O)N/N=C\C=C\c2ccccc2[N+](=O)[O-])c1C. The molecule has 0 spiro atoms. The molecule has 134 valence electrons. The van der Waals surface area contributed by atoms with Crippen molar-refractivity contribution in [1.29, 1.82) is 0 Å². The van der Waals surface area contributed by atoms with Crippen molar-refractivity contribution in [3.8, 4) is 5.75 Å². The van der Waals surface area contributed by atoms with Gasteiger partial charge in [-0.05, 0) is 49.3 Å². The van der Waals surface area contributed by atoms with E-state index in [4.69, 9.17) is 4.74 Å². The minimum Gasteiger partial charge on any atom is -0.483 e. The number of allylic oxidation sites excluding steroid dienone is 1. The summed E-state index contributed by atoms with van der Waals surface area (Å²) in [5.41, 5.74) is 4.85. The number of amides is 1. The van der Waals surface area contributed by atoms with E-state index in [1.165, 1.54) is 18.4 Å². The molecule has 2 rings (SSSR count). The minimum atomic E-state index is -0.455. The third-order valence-corrected chi connectivity index (χ3v) is 3.67. The molecular weight excluding hydrogens is 334 g/mol. The van der Waals surface area contributed by atoms with Gasteiger partial charge in [0.2, 0.25) is 0 Å². The van der Waals surface area contributed by atoms with Gasteiger partial charge in [0, 0.05) is 12.3 Å². The summed E-state index contributed by atoms with van der Waals surface area (Å²) in [6, 6.07) is 12.0. The van der Waals surface area contributed by atoms with E-state index in [-0.39, 0.29) is 12.3 Å². The number of carbonyl (C=O) groups is 1. The highest BCUT2D eigenvalue weighted by atomic mass is 16.6. The number of rotatable bonds is 7. The van der Waals surface area contributed by atoms with Crippen LogP contribution in [0.15, 0.2) is 53.6 Å². The average Bonchev–Trinajstić information content (AvgIpc) is 2.63. The predicted molar refractivity (Wildman–Crippen MR) is 100 cm³/mol. The number of nitrogens with one attached hydrogen (secondary N) is 1. The molecule has 0 saturated heterocycles. The van der Waals surface area contributed by atoms with Gasteiger partial charge in [-0.3, -0.25) is 14.9 Å².